The molecule has 2 rings (SSSR count). The fraction of sp³-hybridized carbons (Fsp3) is 0.250. The van der Waals surface area contributed by atoms with Gasteiger partial charge < -0.3 is 14.6 Å². The number of hydrogen-bond donors (Lipinski definition) is 1. The predicted molar refractivity (Wildman–Crippen MR) is 82.6 cm³/mol. The van der Waals surface area contributed by atoms with Gasteiger partial charge in [-0.25, -0.2) is 0 Å². The van der Waals surface area contributed by atoms with Crippen LogP contribution in [0.3, 0.4) is 0 Å². The lowest BCUT2D eigenvalue weighted by Gasteiger charge is -2.17. The summed E-state index contributed by atoms with van der Waals surface area (Å²) < 4.78 is 12.2. The number of methoxy groups -OCH3 is 1. The topological polar surface area (TPSA) is 38.7 Å². The molecule has 0 saturated carbocycles. The van der Waals surface area contributed by atoms with Gasteiger partial charge in [0.1, 0.15) is 17.2 Å². The number of aliphatic hydroxyl groups is 1. The number of benzene rings is 2. The van der Waals surface area contributed by atoms with Crippen LogP contribution >= 0.6 is 15.9 Å². The molecule has 0 aliphatic carbocycles. The van der Waals surface area contributed by atoms with Crippen molar-refractivity contribution < 1.29 is 14.6 Å². The summed E-state index contributed by atoms with van der Waals surface area (Å²) in [5.41, 5.74) is 1.66. The van der Waals surface area contributed by atoms with Crippen molar-refractivity contribution in [3.05, 3.63) is 52.0 Å². The minimum absolute atomic E-state index is 0.602. The van der Waals surface area contributed by atoms with Gasteiger partial charge in [-0.15, -0.1) is 0 Å². The van der Waals surface area contributed by atoms with E-state index in [9.17, 15) is 5.11 Å². The molecule has 20 heavy (non-hydrogen) atoms. The highest BCUT2D eigenvalue weighted by Crippen LogP contribution is 2.37. The first-order valence-electron chi connectivity index (χ1n) is 6.32. The van der Waals surface area contributed by atoms with Gasteiger partial charge in [0.15, 0.2) is 0 Å². The van der Waals surface area contributed by atoms with Gasteiger partial charge in [-0.1, -0.05) is 22.0 Å². The molecule has 0 spiro atoms. The average molecular weight is 337 g/mol. The lowest BCUT2D eigenvalue weighted by atomic mass is 10.1. The normalized spacial score (nSPS) is 12.1. The van der Waals surface area contributed by atoms with E-state index in [0.29, 0.717) is 17.1 Å². The fourth-order valence-electron chi connectivity index (χ4n) is 2.05. The number of aryl methyl sites for hydroxylation is 1. The number of aliphatic hydroxyl groups excluding tert-OH is 1. The van der Waals surface area contributed by atoms with E-state index in [1.165, 1.54) is 0 Å². The van der Waals surface area contributed by atoms with E-state index < -0.39 is 6.10 Å². The summed E-state index contributed by atoms with van der Waals surface area (Å²) in [5, 5.41) is 9.94. The highest BCUT2D eigenvalue weighted by Gasteiger charge is 2.16. The second-order valence-corrected chi connectivity index (χ2v) is 5.48. The van der Waals surface area contributed by atoms with E-state index in [4.69, 9.17) is 9.47 Å². The van der Waals surface area contributed by atoms with Crippen LogP contribution in [0.2, 0.25) is 0 Å². The van der Waals surface area contributed by atoms with E-state index >= 15 is 0 Å². The molecule has 1 atom stereocenters. The minimum Gasteiger partial charge on any atom is -0.496 e. The third-order valence-electron chi connectivity index (χ3n) is 3.02. The standard InChI is InChI=1S/C16H17BrO3/c1-10-9-12(17)7-8-13(10)20-15-6-4-5-14(19-3)16(15)11(2)18/h4-9,11,18H,1-3H3/t11-/m1/s1. The average Bonchev–Trinajstić information content (AvgIpc) is 2.41. The SMILES string of the molecule is COc1cccc(Oc2ccc(Br)cc2C)c1[C@@H](C)O. The van der Waals surface area contributed by atoms with Crippen molar-refractivity contribution in [2.75, 3.05) is 7.11 Å². The largest absolute Gasteiger partial charge is 0.496 e. The van der Waals surface area contributed by atoms with Crippen molar-refractivity contribution in [3.63, 3.8) is 0 Å². The van der Waals surface area contributed by atoms with Crippen LogP contribution in [0.25, 0.3) is 0 Å². The second kappa shape index (κ2) is 6.29. The van der Waals surface area contributed by atoms with Gasteiger partial charge in [-0.3, -0.25) is 0 Å². The first-order valence-corrected chi connectivity index (χ1v) is 7.11. The summed E-state index contributed by atoms with van der Waals surface area (Å²) in [6, 6.07) is 11.3. The van der Waals surface area contributed by atoms with Crippen LogP contribution in [0, 0.1) is 6.92 Å². The van der Waals surface area contributed by atoms with Crippen LogP contribution in [0.4, 0.5) is 0 Å². The van der Waals surface area contributed by atoms with Gasteiger partial charge in [0.25, 0.3) is 0 Å². The molecule has 2 aromatic rings. The first kappa shape index (κ1) is 14.9. The van der Waals surface area contributed by atoms with Crippen LogP contribution in [0.1, 0.15) is 24.2 Å². The molecule has 0 saturated heterocycles. The molecule has 0 bridgehead atoms. The summed E-state index contributed by atoms with van der Waals surface area (Å²) in [7, 11) is 1.58. The molecule has 0 radical (unpaired) electrons. The summed E-state index contributed by atoms with van der Waals surface area (Å²) in [5.74, 6) is 1.97. The predicted octanol–water partition coefficient (Wildman–Crippen LogP) is 4.61. The maximum Gasteiger partial charge on any atom is 0.136 e. The van der Waals surface area contributed by atoms with E-state index in [0.717, 1.165) is 15.8 Å². The van der Waals surface area contributed by atoms with Crippen LogP contribution in [-0.4, -0.2) is 12.2 Å². The molecular formula is C16H17BrO3. The Balaban J connectivity index is 2.43. The molecule has 4 heteroatoms. The molecule has 1 N–H and O–H groups in total. The molecule has 0 aliphatic rings. The van der Waals surface area contributed by atoms with Crippen molar-refractivity contribution in [2.45, 2.75) is 20.0 Å². The third kappa shape index (κ3) is 3.14. The van der Waals surface area contributed by atoms with Gasteiger partial charge in [-0.05, 0) is 49.7 Å². The lowest BCUT2D eigenvalue weighted by Crippen LogP contribution is -2.00. The Morgan fingerprint density at radius 3 is 2.40 bits per heavy atom. The number of ether oxygens (including phenoxy) is 2. The fourth-order valence-corrected chi connectivity index (χ4v) is 2.52. The molecule has 0 amide bonds. The van der Waals surface area contributed by atoms with Gasteiger partial charge in [0.2, 0.25) is 0 Å². The van der Waals surface area contributed by atoms with Crippen molar-refractivity contribution >= 4 is 15.9 Å². The molecule has 0 heterocycles. The highest BCUT2D eigenvalue weighted by atomic mass is 79.9. The zero-order chi connectivity index (χ0) is 14.7. The Kier molecular flexibility index (Phi) is 4.68. The number of hydrogen-bond acceptors (Lipinski definition) is 3. The van der Waals surface area contributed by atoms with Crippen LogP contribution < -0.4 is 9.47 Å². The zero-order valence-corrected chi connectivity index (χ0v) is 13.3. The Bertz CT molecular complexity index is 609. The zero-order valence-electron chi connectivity index (χ0n) is 11.7. The highest BCUT2D eigenvalue weighted by molar-refractivity contribution is 9.10. The van der Waals surface area contributed by atoms with E-state index in [2.05, 4.69) is 15.9 Å². The van der Waals surface area contributed by atoms with Gasteiger partial charge in [0.05, 0.1) is 18.8 Å². The van der Waals surface area contributed by atoms with Gasteiger partial charge in [-0.2, -0.15) is 0 Å². The summed E-state index contributed by atoms with van der Waals surface area (Å²) in [6.07, 6.45) is -0.670. The van der Waals surface area contributed by atoms with E-state index in [-0.39, 0.29) is 0 Å². The van der Waals surface area contributed by atoms with E-state index in [1.807, 2.05) is 43.3 Å². The smallest absolute Gasteiger partial charge is 0.136 e. The maximum atomic E-state index is 9.94. The second-order valence-electron chi connectivity index (χ2n) is 4.56. The Morgan fingerprint density at radius 2 is 1.80 bits per heavy atom. The Labute approximate surface area is 127 Å². The van der Waals surface area contributed by atoms with Crippen molar-refractivity contribution in [1.82, 2.24) is 0 Å². The maximum absolute atomic E-state index is 9.94. The molecule has 0 aromatic heterocycles. The number of halogens is 1. The molecule has 0 fully saturated rings. The Morgan fingerprint density at radius 1 is 1.10 bits per heavy atom. The van der Waals surface area contributed by atoms with Gasteiger partial charge >= 0.3 is 0 Å². The minimum atomic E-state index is -0.670. The van der Waals surface area contributed by atoms with Crippen molar-refractivity contribution in [3.8, 4) is 17.2 Å². The summed E-state index contributed by atoms with van der Waals surface area (Å²) in [4.78, 5) is 0. The van der Waals surface area contributed by atoms with Crippen molar-refractivity contribution in [1.29, 1.82) is 0 Å². The van der Waals surface area contributed by atoms with Crippen LogP contribution in [0.5, 0.6) is 17.2 Å². The lowest BCUT2D eigenvalue weighted by molar-refractivity contribution is 0.190. The Hall–Kier alpha value is -1.52. The van der Waals surface area contributed by atoms with Crippen LogP contribution in [0.15, 0.2) is 40.9 Å². The molecule has 3 nitrogen and oxygen atoms in total. The monoisotopic (exact) mass is 336 g/mol. The van der Waals surface area contributed by atoms with Crippen LogP contribution in [-0.2, 0) is 0 Å². The molecule has 0 aliphatic heterocycles. The molecule has 106 valence electrons. The molecule has 0 unspecified atom stereocenters. The van der Waals surface area contributed by atoms with E-state index in [1.54, 1.807) is 14.0 Å². The summed E-state index contributed by atoms with van der Waals surface area (Å²) in [6.45, 7) is 3.67. The van der Waals surface area contributed by atoms with Crippen molar-refractivity contribution in [2.24, 2.45) is 0 Å². The molecular weight excluding hydrogens is 320 g/mol. The first-order chi connectivity index (χ1) is 9.52. The number of rotatable bonds is 4. The summed E-state index contributed by atoms with van der Waals surface area (Å²) >= 11 is 3.43. The quantitative estimate of drug-likeness (QED) is 0.885. The molecule has 2 aromatic carbocycles. The third-order valence-corrected chi connectivity index (χ3v) is 3.51. The van der Waals surface area contributed by atoms with Gasteiger partial charge in [0, 0.05) is 4.47 Å².